The number of rotatable bonds is 8. The van der Waals surface area contributed by atoms with E-state index in [9.17, 15) is 18.8 Å². The van der Waals surface area contributed by atoms with Crippen LogP contribution in [-0.2, 0) is 25.4 Å². The summed E-state index contributed by atoms with van der Waals surface area (Å²) in [4.78, 5) is 47.4. The van der Waals surface area contributed by atoms with Crippen molar-refractivity contribution in [3.63, 3.8) is 0 Å². The summed E-state index contributed by atoms with van der Waals surface area (Å²) >= 11 is 0. The highest BCUT2D eigenvalue weighted by Crippen LogP contribution is 2.29. The molecule has 0 saturated carbocycles. The number of ether oxygens (including phenoxy) is 2. The van der Waals surface area contributed by atoms with E-state index in [4.69, 9.17) is 14.5 Å². The molecule has 1 amide bonds. The Morgan fingerprint density at radius 2 is 1.68 bits per heavy atom. The maximum Gasteiger partial charge on any atom is 0.332 e. The summed E-state index contributed by atoms with van der Waals surface area (Å²) in [5.74, 6) is 1.13. The number of halogens is 1. The third kappa shape index (κ3) is 5.53. The van der Waals surface area contributed by atoms with E-state index in [0.29, 0.717) is 54.8 Å². The highest BCUT2D eigenvalue weighted by Gasteiger charge is 2.26. The van der Waals surface area contributed by atoms with E-state index in [1.54, 1.807) is 49.1 Å². The molecule has 1 aliphatic rings. The number of fused-ring (bicyclic) bond motifs is 1. The fourth-order valence-corrected chi connectivity index (χ4v) is 5.00. The molecule has 0 unspecified atom stereocenters. The predicted octanol–water partition coefficient (Wildman–Crippen LogP) is 1.40. The number of anilines is 2. The number of amides is 1. The number of nitrogens with one attached hydrogen (secondary N) is 1. The minimum atomic E-state index is -0.468. The first-order chi connectivity index (χ1) is 19.7. The van der Waals surface area contributed by atoms with Crippen molar-refractivity contribution in [2.45, 2.75) is 6.54 Å². The second-order valence-corrected chi connectivity index (χ2v) is 9.88. The molecule has 13 heteroatoms. The maximum atomic E-state index is 13.6. The molecule has 5 rings (SSSR count). The number of aromatic nitrogens is 4. The van der Waals surface area contributed by atoms with Crippen molar-refractivity contribution >= 4 is 28.7 Å². The Bertz CT molecular complexity index is 1700. The maximum absolute atomic E-state index is 13.6. The average Bonchev–Trinajstić information content (AvgIpc) is 3.35. The molecule has 41 heavy (non-hydrogen) atoms. The monoisotopic (exact) mass is 565 g/mol. The molecule has 1 saturated heterocycles. The van der Waals surface area contributed by atoms with Gasteiger partial charge >= 0.3 is 5.69 Å². The molecular weight excluding hydrogens is 533 g/mol. The van der Waals surface area contributed by atoms with Gasteiger partial charge in [-0.1, -0.05) is 12.1 Å². The Kier molecular flexibility index (Phi) is 7.79. The third-order valence-electron chi connectivity index (χ3n) is 7.29. The molecule has 0 aliphatic carbocycles. The van der Waals surface area contributed by atoms with E-state index in [2.05, 4.69) is 5.32 Å². The summed E-state index contributed by atoms with van der Waals surface area (Å²) in [7, 11) is 6.10. The SMILES string of the molecule is COc1ccc(NC(=O)CN2CCN(c3nc4c(c(=O)n(C)c(=O)n4C)n3Cc3ccc(F)cc3)CC2)c(OC)c1. The van der Waals surface area contributed by atoms with Gasteiger partial charge in [-0.05, 0) is 29.8 Å². The highest BCUT2D eigenvalue weighted by molar-refractivity contribution is 5.93. The van der Waals surface area contributed by atoms with Gasteiger partial charge in [-0.2, -0.15) is 4.98 Å². The van der Waals surface area contributed by atoms with Crippen LogP contribution in [0, 0.1) is 5.82 Å². The Morgan fingerprint density at radius 3 is 2.34 bits per heavy atom. The second-order valence-electron chi connectivity index (χ2n) is 9.88. The molecule has 1 aliphatic heterocycles. The quantitative estimate of drug-likeness (QED) is 0.341. The van der Waals surface area contributed by atoms with Gasteiger partial charge in [0.05, 0.1) is 33.0 Å². The normalized spacial score (nSPS) is 13.9. The van der Waals surface area contributed by atoms with E-state index in [1.807, 2.05) is 9.80 Å². The smallest absolute Gasteiger partial charge is 0.332 e. The number of benzene rings is 2. The zero-order valence-corrected chi connectivity index (χ0v) is 23.4. The van der Waals surface area contributed by atoms with Gasteiger partial charge in [-0.15, -0.1) is 0 Å². The topological polar surface area (TPSA) is 116 Å². The Labute approximate surface area is 235 Å². The molecule has 0 bridgehead atoms. The minimum Gasteiger partial charge on any atom is -0.497 e. The van der Waals surface area contributed by atoms with E-state index >= 15 is 0 Å². The summed E-state index contributed by atoms with van der Waals surface area (Å²) in [5.41, 5.74) is 0.999. The van der Waals surface area contributed by atoms with Crippen LogP contribution in [0.5, 0.6) is 11.5 Å². The zero-order chi connectivity index (χ0) is 29.3. The lowest BCUT2D eigenvalue weighted by Gasteiger charge is -2.35. The average molecular weight is 566 g/mol. The van der Waals surface area contributed by atoms with Crippen LogP contribution in [0.25, 0.3) is 11.2 Å². The Balaban J connectivity index is 1.35. The number of imidazole rings is 1. The molecule has 0 spiro atoms. The molecule has 12 nitrogen and oxygen atoms in total. The van der Waals surface area contributed by atoms with Gasteiger partial charge in [-0.3, -0.25) is 28.2 Å². The van der Waals surface area contributed by atoms with Crippen LogP contribution >= 0.6 is 0 Å². The van der Waals surface area contributed by atoms with Gasteiger partial charge in [0.1, 0.15) is 17.3 Å². The Morgan fingerprint density at radius 1 is 0.976 bits per heavy atom. The van der Waals surface area contributed by atoms with Crippen LogP contribution in [0.1, 0.15) is 5.56 Å². The van der Waals surface area contributed by atoms with E-state index in [0.717, 1.165) is 10.1 Å². The fourth-order valence-electron chi connectivity index (χ4n) is 5.00. The third-order valence-corrected chi connectivity index (χ3v) is 7.29. The number of piperazine rings is 1. The van der Waals surface area contributed by atoms with Crippen LogP contribution in [0.3, 0.4) is 0 Å². The summed E-state index contributed by atoms with van der Waals surface area (Å²) in [6.07, 6.45) is 0. The first-order valence-corrected chi connectivity index (χ1v) is 13.1. The van der Waals surface area contributed by atoms with Crippen molar-refractivity contribution in [3.8, 4) is 11.5 Å². The molecule has 2 aromatic carbocycles. The largest absolute Gasteiger partial charge is 0.497 e. The van der Waals surface area contributed by atoms with Crippen LogP contribution in [0.2, 0.25) is 0 Å². The number of hydrogen-bond acceptors (Lipinski definition) is 8. The molecule has 4 aromatic rings. The van der Waals surface area contributed by atoms with Crippen molar-refractivity contribution in [2.75, 3.05) is 57.2 Å². The molecule has 1 fully saturated rings. The molecule has 2 aromatic heterocycles. The van der Waals surface area contributed by atoms with Crippen molar-refractivity contribution in [2.24, 2.45) is 14.1 Å². The predicted molar refractivity (Wildman–Crippen MR) is 153 cm³/mol. The number of aryl methyl sites for hydroxylation is 1. The first-order valence-electron chi connectivity index (χ1n) is 13.1. The summed E-state index contributed by atoms with van der Waals surface area (Å²) in [6.45, 7) is 2.68. The zero-order valence-electron chi connectivity index (χ0n) is 23.4. The van der Waals surface area contributed by atoms with Crippen molar-refractivity contribution < 1.29 is 18.7 Å². The number of hydrogen-bond donors (Lipinski definition) is 1. The Hall–Kier alpha value is -4.65. The van der Waals surface area contributed by atoms with Gasteiger partial charge < -0.3 is 19.7 Å². The molecule has 1 N–H and O–H groups in total. The number of methoxy groups -OCH3 is 2. The van der Waals surface area contributed by atoms with Crippen molar-refractivity contribution in [1.82, 2.24) is 23.6 Å². The van der Waals surface area contributed by atoms with Gasteiger partial charge in [0, 0.05) is 46.3 Å². The van der Waals surface area contributed by atoms with Gasteiger partial charge in [0.25, 0.3) is 5.56 Å². The minimum absolute atomic E-state index is 0.177. The van der Waals surface area contributed by atoms with Crippen LogP contribution < -0.4 is 30.9 Å². The lowest BCUT2D eigenvalue weighted by Crippen LogP contribution is -2.49. The summed E-state index contributed by atoms with van der Waals surface area (Å²) < 4.78 is 28.3. The number of carbonyl (C=O) groups is 1. The molecule has 0 atom stereocenters. The lowest BCUT2D eigenvalue weighted by atomic mass is 10.2. The number of nitrogens with zero attached hydrogens (tertiary/aromatic N) is 6. The highest BCUT2D eigenvalue weighted by atomic mass is 19.1. The van der Waals surface area contributed by atoms with E-state index < -0.39 is 11.2 Å². The van der Waals surface area contributed by atoms with Gasteiger partial charge in [0.15, 0.2) is 11.2 Å². The standard InChI is InChI=1S/C28H32FN7O5/c1-32-25-24(26(38)33(2)28(32)39)36(16-18-5-7-19(29)8-6-18)27(31-25)35-13-11-34(12-14-35)17-23(37)30-21-10-9-20(40-3)15-22(21)41-4/h5-10,15H,11-14,16-17H2,1-4H3,(H,30,37). The summed E-state index contributed by atoms with van der Waals surface area (Å²) in [6, 6.07) is 11.2. The van der Waals surface area contributed by atoms with Gasteiger partial charge in [-0.25, -0.2) is 9.18 Å². The molecule has 0 radical (unpaired) electrons. The van der Waals surface area contributed by atoms with Crippen LogP contribution in [-0.4, -0.2) is 76.4 Å². The van der Waals surface area contributed by atoms with Crippen LogP contribution in [0.15, 0.2) is 52.1 Å². The van der Waals surface area contributed by atoms with Crippen molar-refractivity contribution in [3.05, 3.63) is 74.7 Å². The molecular formula is C28H32FN7O5. The van der Waals surface area contributed by atoms with E-state index in [1.165, 1.54) is 30.9 Å². The molecule has 216 valence electrons. The van der Waals surface area contributed by atoms with Gasteiger partial charge in [0.2, 0.25) is 11.9 Å². The second kappa shape index (κ2) is 11.5. The summed E-state index contributed by atoms with van der Waals surface area (Å²) in [5, 5.41) is 2.90. The van der Waals surface area contributed by atoms with Crippen molar-refractivity contribution in [1.29, 1.82) is 0 Å². The van der Waals surface area contributed by atoms with Crippen LogP contribution in [0.4, 0.5) is 16.0 Å². The lowest BCUT2D eigenvalue weighted by molar-refractivity contribution is -0.117. The van der Waals surface area contributed by atoms with E-state index in [-0.39, 0.29) is 30.5 Å². The fraction of sp³-hybridized carbons (Fsp3) is 0.357. The molecule has 3 heterocycles. The number of carbonyl (C=O) groups excluding carboxylic acids is 1. The first kappa shape index (κ1) is 27.9.